The van der Waals surface area contributed by atoms with Crippen LogP contribution in [0.1, 0.15) is 0 Å². The van der Waals surface area contributed by atoms with Gasteiger partial charge < -0.3 is 4.42 Å². The normalized spacial score (nSPS) is 12.0. The Kier molecular flexibility index (Phi) is 3.64. The zero-order chi connectivity index (χ0) is 19.3. The third kappa shape index (κ3) is 2.61. The first-order valence-corrected chi connectivity index (χ1v) is 10.7. The van der Waals surface area contributed by atoms with Crippen molar-refractivity contribution in [3.63, 3.8) is 0 Å². The lowest BCUT2D eigenvalue weighted by Gasteiger charge is -2.07. The lowest BCUT2D eigenvalue weighted by molar-refractivity contribution is 0.602. The Bertz CT molecular complexity index is 1410. The number of imidazole rings is 1. The highest BCUT2D eigenvalue weighted by Crippen LogP contribution is 2.36. The Morgan fingerprint density at radius 1 is 0.821 bits per heavy atom. The molecule has 0 saturated carbocycles. The van der Waals surface area contributed by atoms with Crippen LogP contribution in [0.25, 0.3) is 39.5 Å². The maximum Gasteiger partial charge on any atom is 0.307 e. The van der Waals surface area contributed by atoms with E-state index in [4.69, 9.17) is 9.40 Å². The lowest BCUT2D eigenvalue weighted by Crippen LogP contribution is -1.97. The van der Waals surface area contributed by atoms with E-state index in [0.717, 1.165) is 33.6 Å². The van der Waals surface area contributed by atoms with Crippen molar-refractivity contribution >= 4 is 26.8 Å². The largest absolute Gasteiger partial charge is 0.423 e. The van der Waals surface area contributed by atoms with Gasteiger partial charge in [-0.1, -0.05) is 54.6 Å². The number of hydrogen-bond acceptors (Lipinski definition) is 4. The van der Waals surface area contributed by atoms with Gasteiger partial charge in [0.1, 0.15) is 5.69 Å². The molecule has 5 rings (SSSR count). The third-order valence-corrected chi connectivity index (χ3v) is 5.89. The Balaban J connectivity index is 1.84. The van der Waals surface area contributed by atoms with Gasteiger partial charge in [0.05, 0.1) is 16.1 Å². The lowest BCUT2D eigenvalue weighted by atomic mass is 10.0. The van der Waals surface area contributed by atoms with Gasteiger partial charge in [0.15, 0.2) is 15.4 Å². The van der Waals surface area contributed by atoms with Crippen LogP contribution in [0.2, 0.25) is 0 Å². The second kappa shape index (κ2) is 6.07. The average molecular weight is 388 g/mol. The molecular formula is C22H16N2O3S. The van der Waals surface area contributed by atoms with E-state index in [1.807, 2.05) is 71.1 Å². The predicted octanol–water partition coefficient (Wildman–Crippen LogP) is 4.82. The minimum atomic E-state index is -3.26. The molecule has 0 aliphatic rings. The molecule has 2 heterocycles. The highest BCUT2D eigenvalue weighted by Gasteiger charge is 2.21. The third-order valence-electron chi connectivity index (χ3n) is 4.76. The van der Waals surface area contributed by atoms with Gasteiger partial charge in [-0.15, -0.1) is 0 Å². The molecule has 28 heavy (non-hydrogen) atoms. The second-order valence-corrected chi connectivity index (χ2v) is 8.68. The van der Waals surface area contributed by atoms with Crippen molar-refractivity contribution in [3.8, 4) is 22.5 Å². The summed E-state index contributed by atoms with van der Waals surface area (Å²) < 4.78 is 31.6. The molecule has 0 bridgehead atoms. The maximum absolute atomic E-state index is 11.8. The van der Waals surface area contributed by atoms with Crippen LogP contribution in [0.5, 0.6) is 0 Å². The summed E-state index contributed by atoms with van der Waals surface area (Å²) in [5.41, 5.74) is 5.15. The zero-order valence-corrected chi connectivity index (χ0v) is 15.8. The van der Waals surface area contributed by atoms with Crippen LogP contribution in [0.15, 0.2) is 88.2 Å². The fourth-order valence-corrected chi connectivity index (χ4v) is 4.07. The highest BCUT2D eigenvalue weighted by molar-refractivity contribution is 7.90. The quantitative estimate of drug-likeness (QED) is 0.445. The van der Waals surface area contributed by atoms with Gasteiger partial charge >= 0.3 is 5.84 Å². The van der Waals surface area contributed by atoms with E-state index in [0.29, 0.717) is 5.84 Å². The Labute approximate surface area is 161 Å². The Hall–Kier alpha value is -3.38. The number of benzene rings is 3. The van der Waals surface area contributed by atoms with Crippen molar-refractivity contribution in [2.45, 2.75) is 4.90 Å². The molecule has 0 atom stereocenters. The number of aromatic nitrogens is 2. The highest BCUT2D eigenvalue weighted by atomic mass is 32.2. The molecule has 3 aromatic carbocycles. The van der Waals surface area contributed by atoms with Crippen molar-refractivity contribution in [2.75, 3.05) is 6.26 Å². The second-order valence-electron chi connectivity index (χ2n) is 6.66. The molecule has 0 aliphatic heterocycles. The van der Waals surface area contributed by atoms with Crippen molar-refractivity contribution in [2.24, 2.45) is 0 Å². The summed E-state index contributed by atoms with van der Waals surface area (Å²) in [6, 6.07) is 24.5. The van der Waals surface area contributed by atoms with E-state index in [2.05, 4.69) is 0 Å². The number of para-hydroxylation sites is 2. The fourth-order valence-electron chi connectivity index (χ4n) is 3.44. The molecule has 0 saturated heterocycles. The SMILES string of the molecule is CS(=O)(=O)c1ccc(-c2c(-c3ccccc3)nc3oc4ccccc4n23)cc1. The maximum atomic E-state index is 11.8. The van der Waals surface area contributed by atoms with Gasteiger partial charge in [0, 0.05) is 17.4 Å². The molecule has 0 amide bonds. The predicted molar refractivity (Wildman–Crippen MR) is 109 cm³/mol. The molecular weight excluding hydrogens is 372 g/mol. The molecule has 138 valence electrons. The van der Waals surface area contributed by atoms with Crippen LogP contribution in [0.4, 0.5) is 0 Å². The van der Waals surface area contributed by atoms with Gasteiger partial charge in [0.2, 0.25) is 0 Å². The number of sulfone groups is 1. The fraction of sp³-hybridized carbons (Fsp3) is 0.0455. The average Bonchev–Trinajstić information content (AvgIpc) is 3.24. The monoisotopic (exact) mass is 388 g/mol. The van der Waals surface area contributed by atoms with Crippen LogP contribution in [0, 0.1) is 0 Å². The van der Waals surface area contributed by atoms with E-state index in [1.165, 1.54) is 6.26 Å². The molecule has 6 heteroatoms. The topological polar surface area (TPSA) is 64.6 Å². The van der Waals surface area contributed by atoms with E-state index in [-0.39, 0.29) is 4.90 Å². The van der Waals surface area contributed by atoms with Crippen LogP contribution < -0.4 is 0 Å². The number of rotatable bonds is 3. The zero-order valence-electron chi connectivity index (χ0n) is 15.0. The van der Waals surface area contributed by atoms with Gasteiger partial charge in [-0.25, -0.2) is 8.42 Å². The number of nitrogens with zero attached hydrogens (tertiary/aromatic N) is 2. The summed E-state index contributed by atoms with van der Waals surface area (Å²) in [7, 11) is -3.26. The van der Waals surface area contributed by atoms with E-state index < -0.39 is 9.84 Å². The first-order chi connectivity index (χ1) is 13.5. The Morgan fingerprint density at radius 3 is 2.21 bits per heavy atom. The van der Waals surface area contributed by atoms with Crippen LogP contribution >= 0.6 is 0 Å². The first-order valence-electron chi connectivity index (χ1n) is 8.78. The van der Waals surface area contributed by atoms with Gasteiger partial charge in [-0.2, -0.15) is 4.98 Å². The van der Waals surface area contributed by atoms with E-state index in [1.54, 1.807) is 12.1 Å². The standard InChI is InChI=1S/C22H16N2O3S/c1-28(25,26)17-13-11-16(12-14-17)21-20(15-7-3-2-4-8-15)23-22-24(21)18-9-5-6-10-19(18)27-22/h2-14H,1H3. The molecule has 0 spiro atoms. The van der Waals surface area contributed by atoms with Crippen molar-refractivity contribution < 1.29 is 12.8 Å². The van der Waals surface area contributed by atoms with E-state index in [9.17, 15) is 8.42 Å². The van der Waals surface area contributed by atoms with E-state index >= 15 is 0 Å². The molecule has 0 unspecified atom stereocenters. The van der Waals surface area contributed by atoms with Crippen LogP contribution in [-0.2, 0) is 9.84 Å². The summed E-state index contributed by atoms with van der Waals surface area (Å²) in [4.78, 5) is 5.03. The summed E-state index contributed by atoms with van der Waals surface area (Å²) in [6.45, 7) is 0. The van der Waals surface area contributed by atoms with Crippen molar-refractivity contribution in [1.29, 1.82) is 0 Å². The van der Waals surface area contributed by atoms with Crippen molar-refractivity contribution in [1.82, 2.24) is 9.38 Å². The first kappa shape index (κ1) is 16.8. The van der Waals surface area contributed by atoms with Crippen molar-refractivity contribution in [3.05, 3.63) is 78.9 Å². The number of oxazole rings is 1. The molecule has 0 fully saturated rings. The molecule has 0 aliphatic carbocycles. The molecule has 0 radical (unpaired) electrons. The molecule has 5 nitrogen and oxygen atoms in total. The minimum Gasteiger partial charge on any atom is -0.423 e. The summed E-state index contributed by atoms with van der Waals surface area (Å²) >= 11 is 0. The van der Waals surface area contributed by atoms with Gasteiger partial charge in [-0.05, 0) is 24.3 Å². The Morgan fingerprint density at radius 2 is 1.50 bits per heavy atom. The van der Waals surface area contributed by atoms with Gasteiger partial charge in [-0.3, -0.25) is 4.40 Å². The summed E-state index contributed by atoms with van der Waals surface area (Å²) in [5.74, 6) is 0.502. The smallest absolute Gasteiger partial charge is 0.307 e. The number of fused-ring (bicyclic) bond motifs is 3. The molecule has 0 N–H and O–H groups in total. The molecule has 2 aromatic heterocycles. The van der Waals surface area contributed by atoms with Crippen LogP contribution in [-0.4, -0.2) is 24.1 Å². The molecule has 5 aromatic rings. The number of hydrogen-bond donors (Lipinski definition) is 0. The van der Waals surface area contributed by atoms with Crippen LogP contribution in [0.3, 0.4) is 0 Å². The minimum absolute atomic E-state index is 0.287. The van der Waals surface area contributed by atoms with Gasteiger partial charge in [0.25, 0.3) is 0 Å². The summed E-state index contributed by atoms with van der Waals surface area (Å²) in [5, 5.41) is 0. The summed E-state index contributed by atoms with van der Waals surface area (Å²) in [6.07, 6.45) is 1.21.